The van der Waals surface area contributed by atoms with Crippen molar-refractivity contribution in [3.05, 3.63) is 59.8 Å². The molecule has 2 amide bonds. The predicted octanol–water partition coefficient (Wildman–Crippen LogP) is 3.17. The molecule has 0 aromatic heterocycles. The zero-order valence-electron chi connectivity index (χ0n) is 19.8. The number of nitrogens with zero attached hydrogens (tertiary/aromatic N) is 2. The lowest BCUT2D eigenvalue weighted by atomic mass is 9.95. The Morgan fingerprint density at radius 2 is 1.62 bits per heavy atom. The number of rotatable bonds is 8. The third-order valence-corrected chi connectivity index (χ3v) is 7.52. The molecular formula is C25H31N4O4P. The van der Waals surface area contributed by atoms with Crippen molar-refractivity contribution in [2.45, 2.75) is 13.8 Å². The number of piperazine rings is 1. The van der Waals surface area contributed by atoms with E-state index in [1.807, 2.05) is 38.1 Å². The smallest absolute Gasteiger partial charge is 0.260 e. The standard InChI is InChI=1S/C25H31N4O4P/c1-4-32-34(33-5-2)20-10-11-21-22(16-20)23(25(31)27-24(21)30)17-26-18-6-8-19(9-7-18)29-14-12-28(3)13-15-29/h6-11,16-17,26H,4-5,12-15H2,1-3H3,(H,27,30,31)/b23-17-. The second-order valence-electron chi connectivity index (χ2n) is 8.15. The molecule has 2 aliphatic rings. The molecule has 0 unspecified atom stereocenters. The van der Waals surface area contributed by atoms with Gasteiger partial charge in [-0.1, -0.05) is 0 Å². The van der Waals surface area contributed by atoms with Crippen LogP contribution in [0.1, 0.15) is 29.8 Å². The van der Waals surface area contributed by atoms with Gasteiger partial charge in [0.25, 0.3) is 11.8 Å². The third-order valence-electron chi connectivity index (χ3n) is 5.83. The SMILES string of the molecule is CCOP(OCC)c1ccc2c(c1)/C(=C/Nc1ccc(N3CCN(C)CC3)cc1)C(=O)NC2=O. The Bertz CT molecular complexity index is 1060. The monoisotopic (exact) mass is 482 g/mol. The third kappa shape index (κ3) is 5.47. The average Bonchev–Trinajstić information content (AvgIpc) is 2.84. The fourth-order valence-corrected chi connectivity index (χ4v) is 5.25. The Kier molecular flexibility index (Phi) is 7.95. The number of carbonyl (C=O) groups excluding carboxylic acids is 2. The Balaban J connectivity index is 1.56. The largest absolute Gasteiger partial charge is 0.369 e. The summed E-state index contributed by atoms with van der Waals surface area (Å²) in [7, 11) is 0.858. The minimum atomic E-state index is -1.28. The number of nitrogens with one attached hydrogen (secondary N) is 2. The lowest BCUT2D eigenvalue weighted by Gasteiger charge is -2.34. The van der Waals surface area contributed by atoms with Gasteiger partial charge in [-0.3, -0.25) is 14.9 Å². The lowest BCUT2D eigenvalue weighted by molar-refractivity contribution is -0.114. The van der Waals surface area contributed by atoms with Crippen molar-refractivity contribution in [3.8, 4) is 0 Å². The first-order valence-electron chi connectivity index (χ1n) is 11.6. The van der Waals surface area contributed by atoms with E-state index in [1.165, 1.54) is 5.69 Å². The topological polar surface area (TPSA) is 83.1 Å². The van der Waals surface area contributed by atoms with E-state index in [2.05, 4.69) is 39.6 Å². The van der Waals surface area contributed by atoms with Gasteiger partial charge in [-0.05, 0) is 63.4 Å². The number of likely N-dealkylation sites (N-methyl/N-ethyl adjacent to an activating group) is 1. The van der Waals surface area contributed by atoms with Crippen LogP contribution in [0.25, 0.3) is 5.57 Å². The molecule has 1 fully saturated rings. The number of carbonyl (C=O) groups is 2. The van der Waals surface area contributed by atoms with Gasteiger partial charge in [0.1, 0.15) is 0 Å². The molecular weight excluding hydrogens is 451 g/mol. The second kappa shape index (κ2) is 11.1. The summed E-state index contributed by atoms with van der Waals surface area (Å²) in [5.41, 5.74) is 3.45. The molecule has 8 nitrogen and oxygen atoms in total. The van der Waals surface area contributed by atoms with Gasteiger partial charge in [0, 0.05) is 60.2 Å². The van der Waals surface area contributed by atoms with Crippen molar-refractivity contribution in [3.63, 3.8) is 0 Å². The first-order chi connectivity index (χ1) is 16.5. The van der Waals surface area contributed by atoms with Gasteiger partial charge in [0.15, 0.2) is 0 Å². The first-order valence-corrected chi connectivity index (χ1v) is 12.7. The number of amides is 2. The van der Waals surface area contributed by atoms with Crippen LogP contribution in [-0.2, 0) is 13.8 Å². The summed E-state index contributed by atoms with van der Waals surface area (Å²) in [5, 5.41) is 6.46. The zero-order valence-corrected chi connectivity index (χ0v) is 20.7. The van der Waals surface area contributed by atoms with Crippen LogP contribution in [0.15, 0.2) is 48.7 Å². The molecule has 0 spiro atoms. The number of fused-ring (bicyclic) bond motifs is 1. The molecule has 34 heavy (non-hydrogen) atoms. The summed E-state index contributed by atoms with van der Waals surface area (Å²) in [5.74, 6) is -0.842. The van der Waals surface area contributed by atoms with Crippen LogP contribution in [0.5, 0.6) is 0 Å². The second-order valence-corrected chi connectivity index (χ2v) is 9.69. The highest BCUT2D eigenvalue weighted by Gasteiger charge is 2.29. The van der Waals surface area contributed by atoms with Crippen molar-refractivity contribution in [2.24, 2.45) is 0 Å². The molecule has 2 aromatic rings. The van der Waals surface area contributed by atoms with Crippen LogP contribution in [-0.4, -0.2) is 63.2 Å². The van der Waals surface area contributed by atoms with Crippen molar-refractivity contribution < 1.29 is 18.6 Å². The van der Waals surface area contributed by atoms with E-state index in [0.29, 0.717) is 29.9 Å². The van der Waals surface area contributed by atoms with Gasteiger partial charge in [-0.2, -0.15) is 0 Å². The average molecular weight is 483 g/mol. The summed E-state index contributed by atoms with van der Waals surface area (Å²) in [6.45, 7) is 8.96. The quantitative estimate of drug-likeness (QED) is 0.340. The molecule has 9 heteroatoms. The van der Waals surface area contributed by atoms with E-state index in [9.17, 15) is 9.59 Å². The molecule has 0 aliphatic carbocycles. The van der Waals surface area contributed by atoms with Crippen molar-refractivity contribution >= 4 is 42.4 Å². The van der Waals surface area contributed by atoms with E-state index >= 15 is 0 Å². The summed E-state index contributed by atoms with van der Waals surface area (Å²) in [6, 6.07) is 13.5. The number of hydrogen-bond acceptors (Lipinski definition) is 7. The Morgan fingerprint density at radius 3 is 2.26 bits per heavy atom. The fourth-order valence-electron chi connectivity index (χ4n) is 3.98. The van der Waals surface area contributed by atoms with Crippen molar-refractivity contribution in [1.29, 1.82) is 0 Å². The van der Waals surface area contributed by atoms with Crippen LogP contribution in [0.4, 0.5) is 11.4 Å². The summed E-state index contributed by atoms with van der Waals surface area (Å²) >= 11 is 0. The highest BCUT2D eigenvalue weighted by atomic mass is 31.2. The molecule has 2 aromatic carbocycles. The van der Waals surface area contributed by atoms with Crippen LogP contribution in [0.2, 0.25) is 0 Å². The number of hydrogen-bond donors (Lipinski definition) is 2. The molecule has 1 saturated heterocycles. The molecule has 2 heterocycles. The van der Waals surface area contributed by atoms with Gasteiger partial charge in [0.05, 0.1) is 18.8 Å². The van der Waals surface area contributed by atoms with Gasteiger partial charge in [0.2, 0.25) is 8.38 Å². The summed E-state index contributed by atoms with van der Waals surface area (Å²) in [6.07, 6.45) is 1.65. The van der Waals surface area contributed by atoms with Gasteiger partial charge >= 0.3 is 0 Å². The molecule has 0 atom stereocenters. The molecule has 2 N–H and O–H groups in total. The maximum atomic E-state index is 12.7. The molecule has 180 valence electrons. The fraction of sp³-hybridized carbons (Fsp3) is 0.360. The lowest BCUT2D eigenvalue weighted by Crippen LogP contribution is -2.44. The number of benzene rings is 2. The zero-order chi connectivity index (χ0) is 24.1. The maximum Gasteiger partial charge on any atom is 0.260 e. The summed E-state index contributed by atoms with van der Waals surface area (Å²) < 4.78 is 11.5. The highest BCUT2D eigenvalue weighted by Crippen LogP contribution is 2.38. The van der Waals surface area contributed by atoms with Gasteiger partial charge in [-0.25, -0.2) is 0 Å². The predicted molar refractivity (Wildman–Crippen MR) is 136 cm³/mol. The molecule has 2 aliphatic heterocycles. The Labute approximate surface area is 201 Å². The van der Waals surface area contributed by atoms with Crippen LogP contribution < -0.4 is 20.8 Å². The van der Waals surface area contributed by atoms with Crippen LogP contribution in [0.3, 0.4) is 0 Å². The first kappa shape index (κ1) is 24.4. The molecule has 0 bridgehead atoms. The van der Waals surface area contributed by atoms with Gasteiger partial charge in [-0.15, -0.1) is 0 Å². The van der Waals surface area contributed by atoms with Crippen molar-refractivity contribution in [1.82, 2.24) is 10.2 Å². The Morgan fingerprint density at radius 1 is 0.941 bits per heavy atom. The van der Waals surface area contributed by atoms with E-state index in [1.54, 1.807) is 12.3 Å². The van der Waals surface area contributed by atoms with E-state index in [-0.39, 0.29) is 0 Å². The normalized spacial score (nSPS) is 17.8. The molecule has 0 radical (unpaired) electrons. The molecule has 0 saturated carbocycles. The van der Waals surface area contributed by atoms with E-state index < -0.39 is 20.2 Å². The number of imide groups is 1. The summed E-state index contributed by atoms with van der Waals surface area (Å²) in [4.78, 5) is 29.8. The van der Waals surface area contributed by atoms with E-state index in [0.717, 1.165) is 37.2 Å². The van der Waals surface area contributed by atoms with Crippen molar-refractivity contribution in [2.75, 3.05) is 56.7 Å². The van der Waals surface area contributed by atoms with Crippen LogP contribution in [0, 0.1) is 0 Å². The minimum absolute atomic E-state index is 0.391. The Hall–Kier alpha value is -2.77. The maximum absolute atomic E-state index is 12.7. The minimum Gasteiger partial charge on any atom is -0.369 e. The van der Waals surface area contributed by atoms with E-state index in [4.69, 9.17) is 9.05 Å². The van der Waals surface area contributed by atoms with Gasteiger partial charge < -0.3 is 24.2 Å². The van der Waals surface area contributed by atoms with Crippen LogP contribution >= 0.6 is 8.38 Å². The molecule has 4 rings (SSSR count). The number of anilines is 2. The highest BCUT2D eigenvalue weighted by molar-refractivity contribution is 7.56.